The second kappa shape index (κ2) is 10.4. The number of benzene rings is 1. The van der Waals surface area contributed by atoms with Crippen molar-refractivity contribution < 1.29 is 14.3 Å². The Bertz CT molecular complexity index is 1050. The number of fused-ring (bicyclic) bond motifs is 1. The summed E-state index contributed by atoms with van der Waals surface area (Å²) in [7, 11) is 0. The van der Waals surface area contributed by atoms with Crippen LogP contribution in [0.5, 0.6) is 0 Å². The Morgan fingerprint density at radius 1 is 1.33 bits per heavy atom. The van der Waals surface area contributed by atoms with E-state index in [-0.39, 0.29) is 18.1 Å². The molecule has 0 atom stereocenters. The number of aromatic nitrogens is 2. The topological polar surface area (TPSA) is 81.5 Å². The van der Waals surface area contributed by atoms with Gasteiger partial charge in [-0.3, -0.25) is 14.2 Å². The summed E-state index contributed by atoms with van der Waals surface area (Å²) in [5, 5.41) is 2.23. The highest BCUT2D eigenvalue weighted by atomic mass is 35.5. The summed E-state index contributed by atoms with van der Waals surface area (Å²) in [4.78, 5) is 43.1. The number of amides is 1. The van der Waals surface area contributed by atoms with Gasteiger partial charge in [0.15, 0.2) is 5.16 Å². The Labute approximate surface area is 187 Å². The van der Waals surface area contributed by atoms with Crippen LogP contribution in [0.4, 0.5) is 0 Å². The second-order valence-corrected chi connectivity index (χ2v) is 8.92. The molecule has 2 heterocycles. The van der Waals surface area contributed by atoms with Gasteiger partial charge in [-0.15, -0.1) is 0 Å². The third-order valence-corrected chi connectivity index (χ3v) is 6.53. The lowest BCUT2D eigenvalue weighted by Crippen LogP contribution is -2.28. The highest BCUT2D eigenvalue weighted by Gasteiger charge is 2.27. The predicted octanol–water partition coefficient (Wildman–Crippen LogP) is 3.53. The van der Waals surface area contributed by atoms with Gasteiger partial charge >= 0.3 is 5.97 Å². The van der Waals surface area contributed by atoms with Crippen molar-refractivity contribution in [2.75, 3.05) is 24.7 Å². The molecule has 1 fully saturated rings. The molecule has 1 aliphatic heterocycles. The monoisotopic (exact) mass is 467 g/mol. The van der Waals surface area contributed by atoms with Crippen LogP contribution >= 0.6 is 35.1 Å². The molecule has 2 aromatic rings. The SMILES string of the molecule is CCCn1c(SCCN2C(=O)CS/C2=C\C(=O)OCC)nc2cc(Cl)ccc2c1=O. The minimum absolute atomic E-state index is 0.0552. The third-order valence-electron chi connectivity index (χ3n) is 4.31. The number of carbonyl (C=O) groups is 2. The van der Waals surface area contributed by atoms with Gasteiger partial charge in [-0.05, 0) is 31.5 Å². The van der Waals surface area contributed by atoms with Crippen molar-refractivity contribution in [1.29, 1.82) is 0 Å². The van der Waals surface area contributed by atoms with Gasteiger partial charge in [-0.1, -0.05) is 42.0 Å². The van der Waals surface area contributed by atoms with Crippen LogP contribution in [0.1, 0.15) is 20.3 Å². The first kappa shape index (κ1) is 22.7. The first-order valence-electron chi connectivity index (χ1n) is 9.59. The molecule has 7 nitrogen and oxygen atoms in total. The van der Waals surface area contributed by atoms with E-state index in [0.717, 1.165) is 6.42 Å². The molecule has 1 amide bonds. The van der Waals surface area contributed by atoms with Gasteiger partial charge in [0.25, 0.3) is 5.56 Å². The van der Waals surface area contributed by atoms with Gasteiger partial charge in [0, 0.05) is 23.9 Å². The second-order valence-electron chi connectivity index (χ2n) is 6.43. The molecule has 10 heteroatoms. The van der Waals surface area contributed by atoms with Crippen LogP contribution in [0.3, 0.4) is 0 Å². The summed E-state index contributed by atoms with van der Waals surface area (Å²) in [5.41, 5.74) is 0.453. The van der Waals surface area contributed by atoms with E-state index >= 15 is 0 Å². The zero-order chi connectivity index (χ0) is 21.7. The maximum atomic E-state index is 12.9. The van der Waals surface area contributed by atoms with Crippen LogP contribution in [0.2, 0.25) is 5.02 Å². The predicted molar refractivity (Wildman–Crippen MR) is 121 cm³/mol. The Hall–Kier alpha value is -1.97. The summed E-state index contributed by atoms with van der Waals surface area (Å²) >= 11 is 8.79. The normalized spacial score (nSPS) is 15.4. The molecule has 1 aromatic carbocycles. The molecule has 0 spiro atoms. The van der Waals surface area contributed by atoms with Crippen molar-refractivity contribution in [1.82, 2.24) is 14.5 Å². The highest BCUT2D eigenvalue weighted by molar-refractivity contribution is 8.04. The molecule has 0 saturated carbocycles. The molecule has 1 saturated heterocycles. The fraction of sp³-hybridized carbons (Fsp3) is 0.400. The molecule has 0 aliphatic carbocycles. The van der Waals surface area contributed by atoms with Crippen molar-refractivity contribution in [3.05, 3.63) is 44.7 Å². The number of nitrogens with zero attached hydrogens (tertiary/aromatic N) is 3. The number of hydrogen-bond donors (Lipinski definition) is 0. The lowest BCUT2D eigenvalue weighted by atomic mass is 10.2. The van der Waals surface area contributed by atoms with Crippen molar-refractivity contribution in [2.24, 2.45) is 0 Å². The van der Waals surface area contributed by atoms with Crippen LogP contribution < -0.4 is 5.56 Å². The van der Waals surface area contributed by atoms with E-state index in [1.807, 2.05) is 6.92 Å². The van der Waals surface area contributed by atoms with Crippen molar-refractivity contribution >= 4 is 57.9 Å². The number of hydrogen-bond acceptors (Lipinski definition) is 7. The summed E-state index contributed by atoms with van der Waals surface area (Å²) in [5.74, 6) is 0.301. The maximum absolute atomic E-state index is 12.9. The molecule has 0 unspecified atom stereocenters. The molecule has 0 radical (unpaired) electrons. The van der Waals surface area contributed by atoms with Crippen LogP contribution in [-0.2, 0) is 20.9 Å². The molecular weight excluding hydrogens is 446 g/mol. The summed E-state index contributed by atoms with van der Waals surface area (Å²) in [6.07, 6.45) is 2.15. The number of rotatable bonds is 8. The smallest absolute Gasteiger partial charge is 0.333 e. The largest absolute Gasteiger partial charge is 0.463 e. The average molecular weight is 468 g/mol. The summed E-state index contributed by atoms with van der Waals surface area (Å²) in [6, 6.07) is 5.06. The lowest BCUT2D eigenvalue weighted by Gasteiger charge is -2.17. The quantitative estimate of drug-likeness (QED) is 0.254. The van der Waals surface area contributed by atoms with Gasteiger partial charge in [0.1, 0.15) is 0 Å². The van der Waals surface area contributed by atoms with Crippen LogP contribution in [-0.4, -0.2) is 51.0 Å². The average Bonchev–Trinajstić information content (AvgIpc) is 3.04. The van der Waals surface area contributed by atoms with Crippen molar-refractivity contribution in [3.63, 3.8) is 0 Å². The molecule has 160 valence electrons. The van der Waals surface area contributed by atoms with Gasteiger partial charge < -0.3 is 9.64 Å². The van der Waals surface area contributed by atoms with E-state index in [1.54, 1.807) is 34.6 Å². The van der Waals surface area contributed by atoms with E-state index in [9.17, 15) is 14.4 Å². The molecule has 3 rings (SSSR count). The Morgan fingerprint density at radius 3 is 2.87 bits per heavy atom. The van der Waals surface area contributed by atoms with Gasteiger partial charge in [0.2, 0.25) is 5.91 Å². The molecule has 1 aliphatic rings. The van der Waals surface area contributed by atoms with Gasteiger partial charge in [-0.25, -0.2) is 9.78 Å². The molecule has 1 aromatic heterocycles. The fourth-order valence-corrected chi connectivity index (χ4v) is 5.06. The molecule has 0 N–H and O–H groups in total. The van der Waals surface area contributed by atoms with Crippen molar-refractivity contribution in [3.8, 4) is 0 Å². The molecule has 0 bridgehead atoms. The van der Waals surface area contributed by atoms with Gasteiger partial charge in [0.05, 0.1) is 34.4 Å². The number of ether oxygens (including phenoxy) is 1. The van der Waals surface area contributed by atoms with Crippen LogP contribution in [0.15, 0.2) is 39.3 Å². The minimum atomic E-state index is -0.461. The van der Waals surface area contributed by atoms with E-state index in [1.165, 1.54) is 29.6 Å². The summed E-state index contributed by atoms with van der Waals surface area (Å²) in [6.45, 7) is 4.97. The standard InChI is InChI=1S/C20H22ClN3O4S2/c1-3-7-24-19(27)14-6-5-13(21)10-15(14)22-20(24)29-9-8-23-16(25)12-30-17(23)11-18(26)28-4-2/h5-6,10-11H,3-4,7-9,12H2,1-2H3/b17-11-. The number of thioether (sulfide) groups is 2. The Balaban J connectivity index is 1.79. The van der Waals surface area contributed by atoms with Gasteiger partial charge in [-0.2, -0.15) is 0 Å². The van der Waals surface area contributed by atoms with Crippen molar-refractivity contribution in [2.45, 2.75) is 32.0 Å². The molecule has 30 heavy (non-hydrogen) atoms. The third kappa shape index (κ3) is 5.19. The lowest BCUT2D eigenvalue weighted by molar-refractivity contribution is -0.137. The Kier molecular flexibility index (Phi) is 7.85. The number of carbonyl (C=O) groups excluding carboxylic acids is 2. The fourth-order valence-electron chi connectivity index (χ4n) is 2.99. The van der Waals surface area contributed by atoms with Crippen LogP contribution in [0, 0.1) is 0 Å². The van der Waals surface area contributed by atoms with E-state index < -0.39 is 5.97 Å². The summed E-state index contributed by atoms with van der Waals surface area (Å²) < 4.78 is 6.60. The maximum Gasteiger partial charge on any atom is 0.333 e. The minimum Gasteiger partial charge on any atom is -0.463 e. The number of esters is 1. The van der Waals surface area contributed by atoms with E-state index in [2.05, 4.69) is 4.98 Å². The van der Waals surface area contributed by atoms with Crippen LogP contribution in [0.25, 0.3) is 10.9 Å². The van der Waals surface area contributed by atoms with E-state index in [4.69, 9.17) is 16.3 Å². The first-order valence-corrected chi connectivity index (χ1v) is 11.9. The zero-order valence-corrected chi connectivity index (χ0v) is 19.1. The highest BCUT2D eigenvalue weighted by Crippen LogP contribution is 2.29. The zero-order valence-electron chi connectivity index (χ0n) is 16.7. The molecular formula is C20H22ClN3O4S2. The van der Waals surface area contributed by atoms with E-state index in [0.29, 0.717) is 50.7 Å². The first-order chi connectivity index (χ1) is 14.4. The Morgan fingerprint density at radius 2 is 2.13 bits per heavy atom. The number of halogens is 1.